The van der Waals surface area contributed by atoms with Gasteiger partial charge in [0.2, 0.25) is 5.91 Å². The molecule has 0 saturated heterocycles. The zero-order chi connectivity index (χ0) is 18.4. The maximum absolute atomic E-state index is 12.7. The van der Waals surface area contributed by atoms with E-state index in [4.69, 9.17) is 0 Å². The van der Waals surface area contributed by atoms with Crippen molar-refractivity contribution < 1.29 is 27.9 Å². The predicted octanol–water partition coefficient (Wildman–Crippen LogP) is 3.58. The zero-order valence-electron chi connectivity index (χ0n) is 13.1. The highest BCUT2D eigenvalue weighted by atomic mass is 19.4. The predicted molar refractivity (Wildman–Crippen MR) is 84.7 cm³/mol. The van der Waals surface area contributed by atoms with E-state index in [1.807, 2.05) is 0 Å². The van der Waals surface area contributed by atoms with Gasteiger partial charge in [-0.25, -0.2) is 0 Å². The quantitative estimate of drug-likeness (QED) is 0.836. The molecule has 1 atom stereocenters. The molecule has 0 spiro atoms. The van der Waals surface area contributed by atoms with Gasteiger partial charge in [0.1, 0.15) is 0 Å². The Morgan fingerprint density at radius 3 is 2.32 bits per heavy atom. The van der Waals surface area contributed by atoms with Gasteiger partial charge >= 0.3 is 12.1 Å². The molecule has 2 rings (SSSR count). The molecule has 0 bridgehead atoms. The minimum atomic E-state index is -4.46. The molecule has 2 aromatic rings. The topological polar surface area (TPSA) is 66.4 Å². The van der Waals surface area contributed by atoms with Gasteiger partial charge < -0.3 is 10.4 Å². The SMILES string of the molecule is O=C(CC(C(=O)O)c1ccccc1)NCc1cccc(C(F)(F)F)c1. The van der Waals surface area contributed by atoms with E-state index >= 15 is 0 Å². The van der Waals surface area contributed by atoms with E-state index < -0.39 is 29.5 Å². The van der Waals surface area contributed by atoms with Crippen molar-refractivity contribution in [1.82, 2.24) is 5.32 Å². The van der Waals surface area contributed by atoms with Crippen LogP contribution in [0.1, 0.15) is 29.0 Å². The van der Waals surface area contributed by atoms with Gasteiger partial charge in [-0.2, -0.15) is 13.2 Å². The largest absolute Gasteiger partial charge is 0.481 e. The fraction of sp³-hybridized carbons (Fsp3) is 0.222. The van der Waals surface area contributed by atoms with Crippen LogP contribution < -0.4 is 5.32 Å². The average Bonchev–Trinajstić information content (AvgIpc) is 2.58. The third-order valence-electron chi connectivity index (χ3n) is 3.63. The molecule has 0 fully saturated rings. The van der Waals surface area contributed by atoms with Crippen LogP contribution in [0.2, 0.25) is 0 Å². The number of alkyl halides is 3. The highest BCUT2D eigenvalue weighted by Gasteiger charge is 2.30. The van der Waals surface area contributed by atoms with Crippen molar-refractivity contribution in [3.8, 4) is 0 Å². The Morgan fingerprint density at radius 1 is 1.04 bits per heavy atom. The Balaban J connectivity index is 1.99. The highest BCUT2D eigenvalue weighted by molar-refractivity contribution is 5.85. The summed E-state index contributed by atoms with van der Waals surface area (Å²) in [6.45, 7) is -0.107. The number of nitrogens with one attached hydrogen (secondary N) is 1. The van der Waals surface area contributed by atoms with Gasteiger partial charge in [-0.15, -0.1) is 0 Å². The summed E-state index contributed by atoms with van der Waals surface area (Å²) in [6, 6.07) is 12.9. The van der Waals surface area contributed by atoms with Crippen molar-refractivity contribution in [3.05, 3.63) is 71.3 Å². The Hall–Kier alpha value is -2.83. The monoisotopic (exact) mass is 351 g/mol. The Morgan fingerprint density at radius 2 is 1.72 bits per heavy atom. The van der Waals surface area contributed by atoms with E-state index in [2.05, 4.69) is 5.32 Å². The molecule has 0 saturated carbocycles. The summed E-state index contributed by atoms with van der Waals surface area (Å²) in [5.74, 6) is -2.70. The van der Waals surface area contributed by atoms with E-state index in [1.165, 1.54) is 12.1 Å². The normalized spacial score (nSPS) is 12.4. The molecular formula is C18H16F3NO3. The number of carbonyl (C=O) groups is 2. The molecule has 132 valence electrons. The van der Waals surface area contributed by atoms with Gasteiger partial charge in [-0.1, -0.05) is 42.5 Å². The van der Waals surface area contributed by atoms with Gasteiger partial charge in [0.05, 0.1) is 11.5 Å². The molecule has 1 amide bonds. The molecule has 7 heteroatoms. The number of carboxylic acid groups (broad SMARTS) is 1. The van der Waals surface area contributed by atoms with Crippen LogP contribution in [0.25, 0.3) is 0 Å². The number of rotatable bonds is 6. The van der Waals surface area contributed by atoms with Crippen LogP contribution in [0.5, 0.6) is 0 Å². The standard InChI is InChI=1S/C18H16F3NO3/c19-18(20,21)14-8-4-5-12(9-14)11-22-16(23)10-15(17(24)25)13-6-2-1-3-7-13/h1-9,15H,10-11H2,(H,22,23)(H,24,25). The fourth-order valence-corrected chi connectivity index (χ4v) is 2.35. The average molecular weight is 351 g/mol. The lowest BCUT2D eigenvalue weighted by molar-refractivity contribution is -0.141. The smallest absolute Gasteiger partial charge is 0.416 e. The number of hydrogen-bond donors (Lipinski definition) is 2. The van der Waals surface area contributed by atoms with Crippen LogP contribution in [0, 0.1) is 0 Å². The molecule has 4 nitrogen and oxygen atoms in total. The van der Waals surface area contributed by atoms with Gasteiger partial charge in [-0.05, 0) is 23.3 Å². The maximum Gasteiger partial charge on any atom is 0.416 e. The molecule has 0 aliphatic heterocycles. The van der Waals surface area contributed by atoms with Crippen molar-refractivity contribution in [2.24, 2.45) is 0 Å². The summed E-state index contributed by atoms with van der Waals surface area (Å²) in [6.07, 6.45) is -4.75. The van der Waals surface area contributed by atoms with Gasteiger partial charge in [0.25, 0.3) is 0 Å². The third-order valence-corrected chi connectivity index (χ3v) is 3.63. The third kappa shape index (κ3) is 5.34. The minimum Gasteiger partial charge on any atom is -0.481 e. The van der Waals surface area contributed by atoms with Crippen LogP contribution in [0.15, 0.2) is 54.6 Å². The van der Waals surface area contributed by atoms with E-state index in [0.29, 0.717) is 5.56 Å². The summed E-state index contributed by atoms with van der Waals surface area (Å²) in [7, 11) is 0. The summed E-state index contributed by atoms with van der Waals surface area (Å²) in [5.41, 5.74) is -0.0223. The lowest BCUT2D eigenvalue weighted by atomic mass is 9.95. The Kier molecular flexibility index (Phi) is 5.80. The molecule has 0 aliphatic rings. The number of hydrogen-bond acceptors (Lipinski definition) is 2. The number of aliphatic carboxylic acids is 1. The molecule has 1 unspecified atom stereocenters. The van der Waals surface area contributed by atoms with Crippen molar-refractivity contribution >= 4 is 11.9 Å². The molecule has 2 N–H and O–H groups in total. The molecule has 0 aromatic heterocycles. The molecular weight excluding hydrogens is 335 g/mol. The van der Waals surface area contributed by atoms with Crippen LogP contribution in [-0.2, 0) is 22.3 Å². The van der Waals surface area contributed by atoms with E-state index in [0.717, 1.165) is 12.1 Å². The highest BCUT2D eigenvalue weighted by Crippen LogP contribution is 2.29. The van der Waals surface area contributed by atoms with Crippen LogP contribution in [-0.4, -0.2) is 17.0 Å². The summed E-state index contributed by atoms with van der Waals surface area (Å²) >= 11 is 0. The van der Waals surface area contributed by atoms with Gasteiger partial charge in [0, 0.05) is 13.0 Å². The second-order valence-corrected chi connectivity index (χ2v) is 5.48. The van der Waals surface area contributed by atoms with Gasteiger partial charge in [-0.3, -0.25) is 9.59 Å². The molecule has 0 radical (unpaired) electrons. The van der Waals surface area contributed by atoms with Crippen LogP contribution in [0.4, 0.5) is 13.2 Å². The molecule has 25 heavy (non-hydrogen) atoms. The lowest BCUT2D eigenvalue weighted by Crippen LogP contribution is -2.27. The Bertz CT molecular complexity index is 745. The second-order valence-electron chi connectivity index (χ2n) is 5.48. The fourth-order valence-electron chi connectivity index (χ4n) is 2.35. The van der Waals surface area contributed by atoms with Gasteiger partial charge in [0.15, 0.2) is 0 Å². The van der Waals surface area contributed by atoms with E-state index in [9.17, 15) is 27.9 Å². The zero-order valence-corrected chi connectivity index (χ0v) is 13.1. The lowest BCUT2D eigenvalue weighted by Gasteiger charge is -2.13. The molecule has 0 aliphatic carbocycles. The Labute approximate surface area is 142 Å². The first-order chi connectivity index (χ1) is 11.8. The first-order valence-corrected chi connectivity index (χ1v) is 7.48. The molecule has 2 aromatic carbocycles. The van der Waals surface area contributed by atoms with Crippen LogP contribution in [0.3, 0.4) is 0 Å². The number of amides is 1. The van der Waals surface area contributed by atoms with E-state index in [-0.39, 0.29) is 18.5 Å². The number of carboxylic acids is 1. The first-order valence-electron chi connectivity index (χ1n) is 7.48. The van der Waals surface area contributed by atoms with Crippen molar-refractivity contribution in [2.45, 2.75) is 25.1 Å². The first kappa shape index (κ1) is 18.5. The van der Waals surface area contributed by atoms with Crippen molar-refractivity contribution in [1.29, 1.82) is 0 Å². The summed E-state index contributed by atoms with van der Waals surface area (Å²) in [5, 5.41) is 11.7. The van der Waals surface area contributed by atoms with Crippen molar-refractivity contribution in [2.75, 3.05) is 0 Å². The second kappa shape index (κ2) is 7.83. The maximum atomic E-state index is 12.7. The summed E-state index contributed by atoms with van der Waals surface area (Å²) in [4.78, 5) is 23.3. The number of benzene rings is 2. The summed E-state index contributed by atoms with van der Waals surface area (Å²) < 4.78 is 38.0. The van der Waals surface area contributed by atoms with Crippen molar-refractivity contribution in [3.63, 3.8) is 0 Å². The van der Waals surface area contributed by atoms with E-state index in [1.54, 1.807) is 30.3 Å². The number of carbonyl (C=O) groups excluding carboxylic acids is 1. The van der Waals surface area contributed by atoms with Crippen LogP contribution >= 0.6 is 0 Å². The minimum absolute atomic E-state index is 0.107. The number of halogens is 3. The molecule has 0 heterocycles.